The Bertz CT molecular complexity index is 1400. The van der Waals surface area contributed by atoms with E-state index in [4.69, 9.17) is 18.5 Å². The van der Waals surface area contributed by atoms with Crippen molar-refractivity contribution in [1.82, 2.24) is 10.2 Å². The third-order valence-corrected chi connectivity index (χ3v) is 8.23. The van der Waals surface area contributed by atoms with Gasteiger partial charge in [-0.3, -0.25) is 23.5 Å². The summed E-state index contributed by atoms with van der Waals surface area (Å²) in [4.78, 5) is 68.9. The number of ketones is 1. The lowest BCUT2D eigenvalue weighted by molar-refractivity contribution is -0.157. The molecule has 2 amide bonds. The quantitative estimate of drug-likeness (QED) is 0.0521. The van der Waals surface area contributed by atoms with E-state index in [-0.39, 0.29) is 36.2 Å². The second-order valence-electron chi connectivity index (χ2n) is 8.43. The zero-order valence-electron chi connectivity index (χ0n) is 23.3. The van der Waals surface area contributed by atoms with Crippen molar-refractivity contribution in [2.75, 3.05) is 46.1 Å². The lowest BCUT2D eigenvalue weighted by Gasteiger charge is -2.49. The molecule has 2 aliphatic heterocycles. The third-order valence-electron chi connectivity index (χ3n) is 5.62. The first-order valence-corrected chi connectivity index (χ1v) is 15.1. The van der Waals surface area contributed by atoms with Gasteiger partial charge < -0.3 is 29.1 Å². The Hall–Kier alpha value is -4.00. The second-order valence-corrected chi connectivity index (χ2v) is 11.2. The van der Waals surface area contributed by atoms with Crippen LogP contribution in [-0.4, -0.2) is 106 Å². The summed E-state index contributed by atoms with van der Waals surface area (Å²) in [6.07, 6.45) is -1.05. The molecule has 0 spiro atoms. The van der Waals surface area contributed by atoms with Gasteiger partial charge in [0.15, 0.2) is 0 Å². The number of carbonyl (C=O) groups excluding carboxylic acids is 5. The van der Waals surface area contributed by atoms with Crippen molar-refractivity contribution in [2.45, 2.75) is 30.2 Å². The van der Waals surface area contributed by atoms with E-state index in [9.17, 15) is 32.4 Å². The first-order chi connectivity index (χ1) is 20.5. The minimum Gasteiger partial charge on any atom is -0.435 e. The van der Waals surface area contributed by atoms with Crippen LogP contribution < -0.4 is 5.32 Å². The molecule has 43 heavy (non-hydrogen) atoms. The highest BCUT2D eigenvalue weighted by atomic mass is 32.2. The van der Waals surface area contributed by atoms with E-state index in [1.807, 2.05) is 0 Å². The van der Waals surface area contributed by atoms with Crippen molar-refractivity contribution in [3.05, 3.63) is 41.6 Å². The van der Waals surface area contributed by atoms with Crippen molar-refractivity contribution in [1.29, 1.82) is 0 Å². The number of hydrogen-bond acceptors (Lipinski definition) is 15. The monoisotopic (exact) mass is 643 g/mol. The number of rotatable bonds is 15. The molecule has 0 aromatic heterocycles. The fraction of sp³-hybridized carbons (Fsp3) is 0.440. The van der Waals surface area contributed by atoms with Crippen LogP contribution in [-0.2, 0) is 57.3 Å². The summed E-state index contributed by atoms with van der Waals surface area (Å²) in [5.41, 5.74) is -0.565. The maximum Gasteiger partial charge on any atom is 0.511 e. The molecule has 2 heterocycles. The largest absolute Gasteiger partial charge is 0.511 e. The molecule has 1 aromatic carbocycles. The van der Waals surface area contributed by atoms with Crippen molar-refractivity contribution in [3.63, 3.8) is 0 Å². The van der Waals surface area contributed by atoms with Crippen molar-refractivity contribution in [2.24, 2.45) is 5.16 Å². The van der Waals surface area contributed by atoms with E-state index in [1.54, 1.807) is 13.0 Å². The topological polar surface area (TPSA) is 202 Å². The summed E-state index contributed by atoms with van der Waals surface area (Å²) in [5.74, 6) is -3.74. The minimum absolute atomic E-state index is 0.0186. The number of oxime groups is 1. The van der Waals surface area contributed by atoms with E-state index in [0.29, 0.717) is 5.57 Å². The Balaban J connectivity index is 1.70. The summed E-state index contributed by atoms with van der Waals surface area (Å²) in [6.45, 7) is 1.26. The average Bonchev–Trinajstić information content (AvgIpc) is 2.99. The van der Waals surface area contributed by atoms with Gasteiger partial charge in [0.1, 0.15) is 30.3 Å². The van der Waals surface area contributed by atoms with Gasteiger partial charge in [0, 0.05) is 12.9 Å². The number of carbonyl (C=O) groups is 5. The molecule has 0 radical (unpaired) electrons. The van der Waals surface area contributed by atoms with Crippen LogP contribution in [0, 0.1) is 0 Å². The number of nitrogens with zero attached hydrogens (tertiary/aromatic N) is 2. The van der Waals surface area contributed by atoms with Gasteiger partial charge in [-0.15, -0.1) is 11.8 Å². The average molecular weight is 644 g/mol. The first-order valence-electron chi connectivity index (χ1n) is 12.7. The summed E-state index contributed by atoms with van der Waals surface area (Å²) >= 11 is 1.20. The zero-order chi connectivity index (χ0) is 31.6. The molecule has 2 atom stereocenters. The van der Waals surface area contributed by atoms with Crippen molar-refractivity contribution in [3.8, 4) is 0 Å². The highest BCUT2D eigenvalue weighted by Gasteiger charge is 2.55. The molecule has 1 unspecified atom stereocenters. The molecular formula is C25H29N3O13S2. The molecular weight excluding hydrogens is 614 g/mol. The van der Waals surface area contributed by atoms with Gasteiger partial charge in [-0.2, -0.15) is 8.42 Å². The van der Waals surface area contributed by atoms with Crippen LogP contribution in [0.1, 0.15) is 13.8 Å². The van der Waals surface area contributed by atoms with Gasteiger partial charge in [-0.05, 0) is 31.6 Å². The molecule has 234 valence electrons. The molecule has 2 aliphatic rings. The Labute approximate surface area is 250 Å². The van der Waals surface area contributed by atoms with E-state index in [2.05, 4.69) is 19.9 Å². The number of benzene rings is 1. The SMILES string of the molecule is CCON=C(C(=O)COS(=O)(=O)c1ccccc1)C(=O)NC1C(=O)N2C(C(=O)OCOC(=O)OCC)=C(COC)CS[C@@H]12. The first kappa shape index (κ1) is 33.5. The number of nitrogens with one attached hydrogen (secondary N) is 1. The Kier molecular flexibility index (Phi) is 12.0. The number of thioether (sulfide) groups is 1. The lowest BCUT2D eigenvalue weighted by Crippen LogP contribution is -2.71. The van der Waals surface area contributed by atoms with E-state index in [1.165, 1.54) is 50.1 Å². The van der Waals surface area contributed by atoms with Crippen LogP contribution in [0.4, 0.5) is 4.79 Å². The third kappa shape index (κ3) is 8.31. The highest BCUT2D eigenvalue weighted by molar-refractivity contribution is 8.00. The fourth-order valence-corrected chi connectivity index (χ4v) is 5.94. The Morgan fingerprint density at radius 3 is 2.44 bits per heavy atom. The molecule has 0 saturated carbocycles. The van der Waals surface area contributed by atoms with Crippen LogP contribution in [0.2, 0.25) is 0 Å². The minimum atomic E-state index is -4.32. The molecule has 1 fully saturated rings. The maximum absolute atomic E-state index is 13.1. The van der Waals surface area contributed by atoms with Gasteiger partial charge in [0.25, 0.3) is 21.9 Å². The van der Waals surface area contributed by atoms with Gasteiger partial charge >= 0.3 is 12.1 Å². The van der Waals surface area contributed by atoms with Crippen LogP contribution in [0.25, 0.3) is 0 Å². The number of Topliss-reactive ketones (excluding diaryl/α,β-unsaturated/α-hetero) is 1. The van der Waals surface area contributed by atoms with E-state index >= 15 is 0 Å². The molecule has 0 bridgehead atoms. The molecule has 0 aliphatic carbocycles. The van der Waals surface area contributed by atoms with Gasteiger partial charge in [0.05, 0.1) is 18.1 Å². The van der Waals surface area contributed by atoms with Crippen LogP contribution in [0.3, 0.4) is 0 Å². The van der Waals surface area contributed by atoms with Crippen molar-refractivity contribution < 1.29 is 60.4 Å². The normalized spacial score (nSPS) is 18.3. The fourth-order valence-electron chi connectivity index (χ4n) is 3.73. The van der Waals surface area contributed by atoms with Crippen LogP contribution >= 0.6 is 11.8 Å². The summed E-state index contributed by atoms with van der Waals surface area (Å²) in [6, 6.07) is 5.85. The van der Waals surface area contributed by atoms with Crippen molar-refractivity contribution >= 4 is 57.3 Å². The maximum atomic E-state index is 13.1. The Morgan fingerprint density at radius 1 is 1.07 bits per heavy atom. The summed E-state index contributed by atoms with van der Waals surface area (Å²) in [5, 5.41) is 5.09. The predicted octanol–water partition coefficient (Wildman–Crippen LogP) is 0.328. The molecule has 18 heteroatoms. The standard InChI is InChI=1S/C25H29N3O13S2/c1-4-37-25(33)39-14-38-24(32)20-15(11-36-3)13-42-23-19(22(31)28(20)23)26-21(30)18(27-40-5-2)17(29)12-41-43(34,35)16-9-7-6-8-10-16/h6-10,19,23H,4-5,11-14H2,1-3H3,(H,26,30)/t19?,23-/m0/s1. The number of ether oxygens (including phenoxy) is 4. The van der Waals surface area contributed by atoms with Crippen LogP contribution in [0.15, 0.2) is 51.7 Å². The molecule has 1 saturated heterocycles. The number of β-lactam (4-membered cyclic amide) rings is 1. The molecule has 16 nitrogen and oxygen atoms in total. The zero-order valence-corrected chi connectivity index (χ0v) is 24.9. The summed E-state index contributed by atoms with van der Waals surface area (Å²) in [7, 11) is -2.93. The molecule has 1 aromatic rings. The lowest BCUT2D eigenvalue weighted by atomic mass is 10.0. The predicted molar refractivity (Wildman–Crippen MR) is 147 cm³/mol. The number of esters is 1. The van der Waals surface area contributed by atoms with Gasteiger partial charge in [-0.1, -0.05) is 23.4 Å². The Morgan fingerprint density at radius 2 is 1.79 bits per heavy atom. The number of hydrogen-bond donors (Lipinski definition) is 1. The van der Waals surface area contributed by atoms with E-state index in [0.717, 1.165) is 4.90 Å². The molecule has 3 rings (SSSR count). The smallest absolute Gasteiger partial charge is 0.435 e. The highest BCUT2D eigenvalue weighted by Crippen LogP contribution is 2.40. The second kappa shape index (κ2) is 15.5. The number of methoxy groups -OCH3 is 1. The molecule has 1 N–H and O–H groups in total. The summed E-state index contributed by atoms with van der Waals surface area (Å²) < 4.78 is 48.9. The van der Waals surface area contributed by atoms with E-state index < -0.39 is 70.4 Å². The van der Waals surface area contributed by atoms with Crippen LogP contribution in [0.5, 0.6) is 0 Å². The van der Waals surface area contributed by atoms with Gasteiger partial charge in [0.2, 0.25) is 18.3 Å². The number of fused-ring (bicyclic) bond motifs is 1. The number of amides is 2. The van der Waals surface area contributed by atoms with Gasteiger partial charge in [-0.25, -0.2) is 9.59 Å².